The summed E-state index contributed by atoms with van der Waals surface area (Å²) in [6.07, 6.45) is 0. The molecule has 0 amide bonds. The van der Waals surface area contributed by atoms with Crippen LogP contribution < -0.4 is 0 Å². The molecule has 9 rings (SSSR count). The molecule has 2 heterocycles. The van der Waals surface area contributed by atoms with E-state index in [9.17, 15) is 0 Å². The van der Waals surface area contributed by atoms with Crippen LogP contribution in [0.2, 0.25) is 0 Å². The molecule has 2 heteroatoms. The summed E-state index contributed by atoms with van der Waals surface area (Å²) in [7, 11) is 0. The Morgan fingerprint density at radius 2 is 0.976 bits per heavy atom. The minimum Gasteiger partial charge on any atom is -0.309 e. The molecule has 0 saturated heterocycles. The first-order valence-electron chi connectivity index (χ1n) is 14.4. The van der Waals surface area contributed by atoms with Crippen molar-refractivity contribution in [3.8, 4) is 22.5 Å². The van der Waals surface area contributed by atoms with Gasteiger partial charge in [0.15, 0.2) is 0 Å². The fourth-order valence-electron chi connectivity index (χ4n) is 7.39. The van der Waals surface area contributed by atoms with E-state index in [1.165, 1.54) is 77.2 Å². The summed E-state index contributed by atoms with van der Waals surface area (Å²) < 4.78 is 4.87. The van der Waals surface area contributed by atoms with Crippen LogP contribution in [0, 0.1) is 0 Å². The second kappa shape index (κ2) is 7.99. The normalized spacial score (nSPS) is 13.8. The van der Waals surface area contributed by atoms with Gasteiger partial charge in [0, 0.05) is 38.3 Å². The molecule has 0 spiro atoms. The van der Waals surface area contributed by atoms with E-state index in [1.807, 2.05) is 0 Å². The van der Waals surface area contributed by atoms with E-state index >= 15 is 0 Å². The Balaban J connectivity index is 1.38. The maximum atomic E-state index is 2.47. The maximum absolute atomic E-state index is 2.47. The topological polar surface area (TPSA) is 9.86 Å². The van der Waals surface area contributed by atoms with Gasteiger partial charge in [0.1, 0.15) is 0 Å². The fourth-order valence-corrected chi connectivity index (χ4v) is 7.39. The van der Waals surface area contributed by atoms with Crippen LogP contribution in [0.3, 0.4) is 0 Å². The van der Waals surface area contributed by atoms with Crippen molar-refractivity contribution in [2.75, 3.05) is 0 Å². The van der Waals surface area contributed by atoms with Gasteiger partial charge in [-0.25, -0.2) is 0 Å². The summed E-state index contributed by atoms with van der Waals surface area (Å²) in [5.74, 6) is 0. The molecule has 0 bridgehead atoms. The first-order valence-corrected chi connectivity index (χ1v) is 14.4. The van der Waals surface area contributed by atoms with Crippen LogP contribution >= 0.6 is 0 Å². The van der Waals surface area contributed by atoms with Crippen LogP contribution in [0.25, 0.3) is 66.1 Å². The predicted octanol–water partition coefficient (Wildman–Crippen LogP) is 10.2. The van der Waals surface area contributed by atoms with Gasteiger partial charge in [-0.3, -0.25) is 0 Å². The maximum Gasteiger partial charge on any atom is 0.0561 e. The quantitative estimate of drug-likeness (QED) is 0.213. The third-order valence-corrected chi connectivity index (χ3v) is 9.31. The van der Waals surface area contributed by atoms with Crippen molar-refractivity contribution in [2.45, 2.75) is 19.3 Å². The molecule has 1 aliphatic rings. The Morgan fingerprint density at radius 1 is 0.390 bits per heavy atom. The van der Waals surface area contributed by atoms with Gasteiger partial charge >= 0.3 is 0 Å². The van der Waals surface area contributed by atoms with E-state index in [-0.39, 0.29) is 5.41 Å². The summed E-state index contributed by atoms with van der Waals surface area (Å²) >= 11 is 0. The molecule has 41 heavy (non-hydrogen) atoms. The third-order valence-electron chi connectivity index (χ3n) is 9.31. The van der Waals surface area contributed by atoms with Crippen LogP contribution in [-0.2, 0) is 5.41 Å². The van der Waals surface area contributed by atoms with Gasteiger partial charge in [0.2, 0.25) is 0 Å². The highest BCUT2D eigenvalue weighted by Crippen LogP contribution is 2.51. The largest absolute Gasteiger partial charge is 0.309 e. The lowest BCUT2D eigenvalue weighted by Crippen LogP contribution is -2.14. The summed E-state index contributed by atoms with van der Waals surface area (Å²) in [6, 6.07) is 49.1. The first-order chi connectivity index (χ1) is 20.1. The number of hydrogen-bond donors (Lipinski definition) is 0. The highest BCUT2D eigenvalue weighted by Gasteiger charge is 2.36. The van der Waals surface area contributed by atoms with E-state index in [0.29, 0.717) is 0 Å². The zero-order chi connectivity index (χ0) is 27.3. The summed E-state index contributed by atoms with van der Waals surface area (Å²) in [4.78, 5) is 0. The molecule has 0 aliphatic heterocycles. The standard InChI is InChI=1S/C39H28N2/c1-39(2)33-17-9-6-14-27(33)31-23-32-29-16-8-11-19-36(29)41(38(32)24-34(31)39)26-20-21-30-28-15-7-10-18-35(28)40(37(30)22-26)25-12-4-3-5-13-25/h3-24H,1-2H3. The molecule has 6 aromatic carbocycles. The number of para-hydroxylation sites is 3. The van der Waals surface area contributed by atoms with Crippen molar-refractivity contribution >= 4 is 43.6 Å². The number of aromatic nitrogens is 2. The van der Waals surface area contributed by atoms with E-state index < -0.39 is 0 Å². The van der Waals surface area contributed by atoms with Crippen LogP contribution in [0.1, 0.15) is 25.0 Å². The SMILES string of the molecule is CC1(C)c2ccccc2-c2cc3c4ccccc4n(-c4ccc5c6ccccc6n(-c6ccccc6)c5c4)c3cc21. The zero-order valence-electron chi connectivity index (χ0n) is 23.1. The van der Waals surface area contributed by atoms with E-state index in [4.69, 9.17) is 0 Å². The van der Waals surface area contributed by atoms with Gasteiger partial charge in [-0.2, -0.15) is 0 Å². The zero-order valence-corrected chi connectivity index (χ0v) is 23.1. The van der Waals surface area contributed by atoms with Crippen molar-refractivity contribution in [2.24, 2.45) is 0 Å². The number of rotatable bonds is 2. The lowest BCUT2D eigenvalue weighted by molar-refractivity contribution is 0.661. The van der Waals surface area contributed by atoms with E-state index in [1.54, 1.807) is 0 Å². The van der Waals surface area contributed by atoms with Crippen molar-refractivity contribution in [1.82, 2.24) is 9.13 Å². The Hall–Kier alpha value is -5.08. The predicted molar refractivity (Wildman–Crippen MR) is 173 cm³/mol. The highest BCUT2D eigenvalue weighted by atomic mass is 15.0. The molecule has 0 fully saturated rings. The molecular weight excluding hydrogens is 496 g/mol. The Kier molecular flexibility index (Phi) is 4.42. The smallest absolute Gasteiger partial charge is 0.0561 e. The van der Waals surface area contributed by atoms with Crippen molar-refractivity contribution in [3.05, 3.63) is 145 Å². The molecule has 0 N–H and O–H groups in total. The Bertz CT molecular complexity index is 2330. The van der Waals surface area contributed by atoms with Crippen molar-refractivity contribution in [1.29, 1.82) is 0 Å². The molecule has 194 valence electrons. The molecule has 2 aromatic heterocycles. The van der Waals surface area contributed by atoms with Gasteiger partial charge in [0.25, 0.3) is 0 Å². The third kappa shape index (κ3) is 2.97. The number of benzene rings is 6. The molecule has 0 radical (unpaired) electrons. The molecule has 8 aromatic rings. The average molecular weight is 525 g/mol. The molecule has 0 saturated carbocycles. The highest BCUT2D eigenvalue weighted by molar-refractivity contribution is 6.13. The van der Waals surface area contributed by atoms with Crippen LogP contribution in [0.5, 0.6) is 0 Å². The average Bonchev–Trinajstić information content (AvgIpc) is 3.60. The Labute approximate surface area is 238 Å². The van der Waals surface area contributed by atoms with Crippen LogP contribution in [0.4, 0.5) is 0 Å². The molecular formula is C39H28N2. The molecule has 0 unspecified atom stereocenters. The molecule has 2 nitrogen and oxygen atoms in total. The second-order valence-electron chi connectivity index (χ2n) is 11.8. The van der Waals surface area contributed by atoms with Gasteiger partial charge in [-0.15, -0.1) is 0 Å². The summed E-state index contributed by atoms with van der Waals surface area (Å²) in [6.45, 7) is 4.72. The van der Waals surface area contributed by atoms with Gasteiger partial charge in [0.05, 0.1) is 22.1 Å². The number of hydrogen-bond acceptors (Lipinski definition) is 0. The lowest BCUT2D eigenvalue weighted by atomic mass is 9.82. The number of fused-ring (bicyclic) bond motifs is 9. The molecule has 1 aliphatic carbocycles. The van der Waals surface area contributed by atoms with Crippen molar-refractivity contribution in [3.63, 3.8) is 0 Å². The van der Waals surface area contributed by atoms with Crippen LogP contribution in [-0.4, -0.2) is 9.13 Å². The lowest BCUT2D eigenvalue weighted by Gasteiger charge is -2.21. The second-order valence-corrected chi connectivity index (χ2v) is 11.8. The molecule has 0 atom stereocenters. The summed E-state index contributed by atoms with van der Waals surface area (Å²) in [5.41, 5.74) is 12.8. The monoisotopic (exact) mass is 524 g/mol. The van der Waals surface area contributed by atoms with Crippen molar-refractivity contribution < 1.29 is 0 Å². The number of nitrogens with zero attached hydrogens (tertiary/aromatic N) is 2. The fraction of sp³-hybridized carbons (Fsp3) is 0.0769. The summed E-state index contributed by atoms with van der Waals surface area (Å²) in [5, 5.41) is 5.13. The van der Waals surface area contributed by atoms with E-state index in [2.05, 4.69) is 156 Å². The van der Waals surface area contributed by atoms with Crippen LogP contribution in [0.15, 0.2) is 133 Å². The Morgan fingerprint density at radius 3 is 1.76 bits per heavy atom. The van der Waals surface area contributed by atoms with Gasteiger partial charge < -0.3 is 9.13 Å². The van der Waals surface area contributed by atoms with Gasteiger partial charge in [-0.05, 0) is 70.8 Å². The minimum absolute atomic E-state index is 0.0505. The van der Waals surface area contributed by atoms with Gasteiger partial charge in [-0.1, -0.05) is 98.8 Å². The van der Waals surface area contributed by atoms with E-state index in [0.717, 1.165) is 0 Å². The minimum atomic E-state index is -0.0505. The first kappa shape index (κ1) is 22.7.